The third-order valence-electron chi connectivity index (χ3n) is 3.57. The highest BCUT2D eigenvalue weighted by molar-refractivity contribution is 5.92. The van der Waals surface area contributed by atoms with Crippen molar-refractivity contribution in [3.63, 3.8) is 0 Å². The third-order valence-corrected chi connectivity index (χ3v) is 3.57. The number of aromatic nitrogens is 1. The Bertz CT molecular complexity index is 792. The van der Waals surface area contributed by atoms with E-state index >= 15 is 0 Å². The molecule has 0 fully saturated rings. The molecule has 0 spiro atoms. The van der Waals surface area contributed by atoms with Crippen molar-refractivity contribution in [2.45, 2.75) is 19.9 Å². The number of fused-ring (bicyclic) bond motifs is 1. The predicted octanol–water partition coefficient (Wildman–Crippen LogP) is 3.63. The summed E-state index contributed by atoms with van der Waals surface area (Å²) in [6.45, 7) is 3.70. The standard InChI is InChI=1S/C17H16N2O2/c1-11(19-17(20)16-12(2)18-10-21-16)14-8-7-13-5-3-4-6-15(13)9-14/h3-11H,1-2H3,(H,19,20)/t11-/m0/s1. The number of hydrogen-bond acceptors (Lipinski definition) is 3. The number of carbonyl (C=O) groups excluding carboxylic acids is 1. The summed E-state index contributed by atoms with van der Waals surface area (Å²) >= 11 is 0. The molecule has 0 aliphatic rings. The highest BCUT2D eigenvalue weighted by Crippen LogP contribution is 2.20. The van der Waals surface area contributed by atoms with Gasteiger partial charge in [-0.2, -0.15) is 0 Å². The SMILES string of the molecule is Cc1ncoc1C(=O)N[C@@H](C)c1ccc2ccccc2c1. The minimum atomic E-state index is -0.245. The summed E-state index contributed by atoms with van der Waals surface area (Å²) in [6.07, 6.45) is 1.28. The van der Waals surface area contributed by atoms with Crippen molar-refractivity contribution >= 4 is 16.7 Å². The van der Waals surface area contributed by atoms with E-state index in [9.17, 15) is 4.79 Å². The lowest BCUT2D eigenvalue weighted by molar-refractivity contribution is 0.0911. The van der Waals surface area contributed by atoms with E-state index in [1.54, 1.807) is 6.92 Å². The molecule has 1 amide bonds. The zero-order valence-electron chi connectivity index (χ0n) is 12.0. The van der Waals surface area contributed by atoms with E-state index in [2.05, 4.69) is 34.6 Å². The third kappa shape index (κ3) is 2.65. The Kier molecular flexibility index (Phi) is 3.44. The first-order valence-electron chi connectivity index (χ1n) is 6.85. The van der Waals surface area contributed by atoms with Gasteiger partial charge in [0.25, 0.3) is 5.91 Å². The van der Waals surface area contributed by atoms with E-state index in [0.717, 1.165) is 10.9 Å². The molecule has 0 bridgehead atoms. The van der Waals surface area contributed by atoms with Crippen LogP contribution < -0.4 is 5.32 Å². The second kappa shape index (κ2) is 5.40. The average Bonchev–Trinajstić information content (AvgIpc) is 2.93. The second-order valence-electron chi connectivity index (χ2n) is 5.07. The number of rotatable bonds is 3. The fraction of sp³-hybridized carbons (Fsp3) is 0.176. The number of aryl methyl sites for hydroxylation is 1. The molecule has 0 aliphatic carbocycles. The molecule has 21 heavy (non-hydrogen) atoms. The monoisotopic (exact) mass is 280 g/mol. The van der Waals surface area contributed by atoms with E-state index in [1.165, 1.54) is 11.8 Å². The summed E-state index contributed by atoms with van der Waals surface area (Å²) in [7, 11) is 0. The van der Waals surface area contributed by atoms with Crippen LogP contribution in [0, 0.1) is 6.92 Å². The van der Waals surface area contributed by atoms with E-state index in [1.807, 2.05) is 25.1 Å². The summed E-state index contributed by atoms with van der Waals surface area (Å²) in [5.41, 5.74) is 1.65. The lowest BCUT2D eigenvalue weighted by Crippen LogP contribution is -2.26. The van der Waals surface area contributed by atoms with Gasteiger partial charge < -0.3 is 9.73 Å². The average molecular weight is 280 g/mol. The Hall–Kier alpha value is -2.62. The Morgan fingerprint density at radius 3 is 2.67 bits per heavy atom. The molecule has 0 saturated carbocycles. The zero-order chi connectivity index (χ0) is 14.8. The van der Waals surface area contributed by atoms with Crippen LogP contribution in [0.2, 0.25) is 0 Å². The second-order valence-corrected chi connectivity index (χ2v) is 5.07. The number of carbonyl (C=O) groups is 1. The van der Waals surface area contributed by atoms with Crippen LogP contribution in [-0.2, 0) is 0 Å². The van der Waals surface area contributed by atoms with Crippen LogP contribution in [0.3, 0.4) is 0 Å². The van der Waals surface area contributed by atoms with Crippen LogP contribution in [0.4, 0.5) is 0 Å². The number of benzene rings is 2. The molecule has 2 aromatic carbocycles. The molecule has 1 aromatic heterocycles. The Balaban J connectivity index is 1.82. The number of oxazole rings is 1. The normalized spacial score (nSPS) is 12.3. The molecule has 3 aromatic rings. The molecule has 1 atom stereocenters. The summed E-state index contributed by atoms with van der Waals surface area (Å²) < 4.78 is 5.11. The smallest absolute Gasteiger partial charge is 0.289 e. The highest BCUT2D eigenvalue weighted by atomic mass is 16.3. The van der Waals surface area contributed by atoms with Crippen molar-refractivity contribution in [1.82, 2.24) is 10.3 Å². The first kappa shape index (κ1) is 13.4. The molecule has 1 heterocycles. The quantitative estimate of drug-likeness (QED) is 0.797. The van der Waals surface area contributed by atoms with E-state index < -0.39 is 0 Å². The van der Waals surface area contributed by atoms with Crippen molar-refractivity contribution < 1.29 is 9.21 Å². The molecule has 0 unspecified atom stereocenters. The van der Waals surface area contributed by atoms with Gasteiger partial charge in [-0.1, -0.05) is 36.4 Å². The molecule has 4 heteroatoms. The molecule has 4 nitrogen and oxygen atoms in total. The van der Waals surface area contributed by atoms with Gasteiger partial charge in [0.1, 0.15) is 0 Å². The fourth-order valence-electron chi connectivity index (χ4n) is 2.34. The summed E-state index contributed by atoms with van der Waals surface area (Å²) in [4.78, 5) is 16.1. The first-order chi connectivity index (χ1) is 10.1. The van der Waals surface area contributed by atoms with Gasteiger partial charge in [0.05, 0.1) is 11.7 Å². The highest BCUT2D eigenvalue weighted by Gasteiger charge is 2.17. The lowest BCUT2D eigenvalue weighted by atomic mass is 10.0. The van der Waals surface area contributed by atoms with Crippen molar-refractivity contribution in [2.75, 3.05) is 0 Å². The minimum absolute atomic E-state index is 0.105. The number of nitrogens with zero attached hydrogens (tertiary/aromatic N) is 1. The van der Waals surface area contributed by atoms with Crippen LogP contribution in [0.1, 0.15) is 34.8 Å². The lowest BCUT2D eigenvalue weighted by Gasteiger charge is -2.14. The van der Waals surface area contributed by atoms with Gasteiger partial charge in [0.2, 0.25) is 5.76 Å². The van der Waals surface area contributed by atoms with Crippen LogP contribution in [-0.4, -0.2) is 10.9 Å². The predicted molar refractivity (Wildman–Crippen MR) is 81.1 cm³/mol. The Morgan fingerprint density at radius 2 is 1.95 bits per heavy atom. The summed E-state index contributed by atoms with van der Waals surface area (Å²) in [5, 5.41) is 5.28. The summed E-state index contributed by atoms with van der Waals surface area (Å²) in [6, 6.07) is 14.2. The number of nitrogens with one attached hydrogen (secondary N) is 1. The van der Waals surface area contributed by atoms with E-state index in [0.29, 0.717) is 5.69 Å². The molecular weight excluding hydrogens is 264 g/mol. The minimum Gasteiger partial charge on any atom is -0.438 e. The van der Waals surface area contributed by atoms with Gasteiger partial charge in [-0.15, -0.1) is 0 Å². The molecule has 106 valence electrons. The van der Waals surface area contributed by atoms with Crippen LogP contribution in [0.15, 0.2) is 53.3 Å². The maximum absolute atomic E-state index is 12.1. The van der Waals surface area contributed by atoms with E-state index in [4.69, 9.17) is 4.42 Å². The van der Waals surface area contributed by atoms with Crippen LogP contribution in [0.5, 0.6) is 0 Å². The summed E-state index contributed by atoms with van der Waals surface area (Å²) in [5.74, 6) is 0.0216. The largest absolute Gasteiger partial charge is 0.438 e. The maximum Gasteiger partial charge on any atom is 0.289 e. The molecule has 0 radical (unpaired) electrons. The van der Waals surface area contributed by atoms with Crippen LogP contribution >= 0.6 is 0 Å². The van der Waals surface area contributed by atoms with Gasteiger partial charge in [-0.3, -0.25) is 4.79 Å². The van der Waals surface area contributed by atoms with Crippen molar-refractivity contribution in [2.24, 2.45) is 0 Å². The molecule has 0 aliphatic heterocycles. The van der Waals surface area contributed by atoms with Gasteiger partial charge in [0.15, 0.2) is 6.39 Å². The van der Waals surface area contributed by atoms with Gasteiger partial charge in [-0.05, 0) is 36.2 Å². The fourth-order valence-corrected chi connectivity index (χ4v) is 2.34. The van der Waals surface area contributed by atoms with Crippen LogP contribution in [0.25, 0.3) is 10.8 Å². The van der Waals surface area contributed by atoms with Crippen molar-refractivity contribution in [3.8, 4) is 0 Å². The Labute approximate surface area is 122 Å². The van der Waals surface area contributed by atoms with Gasteiger partial charge in [-0.25, -0.2) is 4.98 Å². The van der Waals surface area contributed by atoms with E-state index in [-0.39, 0.29) is 17.7 Å². The van der Waals surface area contributed by atoms with Crippen molar-refractivity contribution in [3.05, 3.63) is 65.9 Å². The number of hydrogen-bond donors (Lipinski definition) is 1. The topological polar surface area (TPSA) is 55.1 Å². The molecule has 1 N–H and O–H groups in total. The first-order valence-corrected chi connectivity index (χ1v) is 6.85. The molecule has 0 saturated heterocycles. The maximum atomic E-state index is 12.1. The zero-order valence-corrected chi connectivity index (χ0v) is 12.0. The van der Waals surface area contributed by atoms with Crippen molar-refractivity contribution in [1.29, 1.82) is 0 Å². The molecule has 3 rings (SSSR count). The Morgan fingerprint density at radius 1 is 1.19 bits per heavy atom. The molecular formula is C17H16N2O2. The number of amides is 1. The van der Waals surface area contributed by atoms with Gasteiger partial charge in [0, 0.05) is 0 Å². The van der Waals surface area contributed by atoms with Gasteiger partial charge >= 0.3 is 0 Å².